The van der Waals surface area contributed by atoms with Crippen molar-refractivity contribution in [2.24, 2.45) is 0 Å². The average Bonchev–Trinajstić information content (AvgIpc) is 3.48. The maximum absolute atomic E-state index is 12.9. The highest BCUT2D eigenvalue weighted by molar-refractivity contribution is 7.88. The van der Waals surface area contributed by atoms with Crippen molar-refractivity contribution in [2.45, 2.75) is 25.8 Å². The first-order valence-electron chi connectivity index (χ1n) is 11.0. The molecule has 0 atom stereocenters. The molecular formula is C24H28N4O3S2. The minimum Gasteiger partial charge on any atom is -0.339 e. The number of carbonyl (C=O) groups is 1. The predicted octanol–water partition coefficient (Wildman–Crippen LogP) is 3.89. The molecule has 9 heteroatoms. The standard InChI is InChI=1S/C24H28N4O3S2/c1-3-28(33(2,30)31)21-13-15-26(16-14-21)23(29)12-11-19-18-27(20-8-5-4-6-9-20)25-24(19)22-10-7-17-32-22/h4-12,17-18,21H,3,13-16H2,1-2H3. The summed E-state index contributed by atoms with van der Waals surface area (Å²) in [5.74, 6) is -0.0690. The summed E-state index contributed by atoms with van der Waals surface area (Å²) in [4.78, 5) is 15.7. The number of hydrogen-bond donors (Lipinski definition) is 0. The van der Waals surface area contributed by atoms with Crippen LogP contribution < -0.4 is 0 Å². The smallest absolute Gasteiger partial charge is 0.246 e. The van der Waals surface area contributed by atoms with Gasteiger partial charge in [0.1, 0.15) is 5.69 Å². The molecule has 0 N–H and O–H groups in total. The lowest BCUT2D eigenvalue weighted by molar-refractivity contribution is -0.127. The fourth-order valence-corrected chi connectivity index (χ4v) is 6.18. The van der Waals surface area contributed by atoms with Crippen LogP contribution in [0.1, 0.15) is 25.3 Å². The molecule has 1 aromatic carbocycles. The lowest BCUT2D eigenvalue weighted by Crippen LogP contribution is -2.48. The van der Waals surface area contributed by atoms with Gasteiger partial charge in [-0.15, -0.1) is 11.3 Å². The van der Waals surface area contributed by atoms with Gasteiger partial charge in [0, 0.05) is 43.5 Å². The minimum atomic E-state index is -3.24. The number of benzene rings is 1. The molecule has 1 amide bonds. The van der Waals surface area contributed by atoms with Crippen molar-refractivity contribution in [1.82, 2.24) is 19.0 Å². The van der Waals surface area contributed by atoms with Gasteiger partial charge in [0.15, 0.2) is 0 Å². The van der Waals surface area contributed by atoms with Gasteiger partial charge >= 0.3 is 0 Å². The Morgan fingerprint density at radius 3 is 2.52 bits per heavy atom. The monoisotopic (exact) mass is 484 g/mol. The molecule has 1 aliphatic heterocycles. The third-order valence-electron chi connectivity index (χ3n) is 5.84. The number of carbonyl (C=O) groups excluding carboxylic acids is 1. The number of hydrogen-bond acceptors (Lipinski definition) is 5. The predicted molar refractivity (Wildman–Crippen MR) is 133 cm³/mol. The number of piperidine rings is 1. The van der Waals surface area contributed by atoms with Gasteiger partial charge in [-0.25, -0.2) is 13.1 Å². The van der Waals surface area contributed by atoms with Gasteiger partial charge in [-0.1, -0.05) is 31.2 Å². The molecule has 7 nitrogen and oxygen atoms in total. The zero-order valence-electron chi connectivity index (χ0n) is 18.8. The van der Waals surface area contributed by atoms with Gasteiger partial charge in [0.2, 0.25) is 15.9 Å². The molecule has 0 aliphatic carbocycles. The van der Waals surface area contributed by atoms with Crippen LogP contribution in [0.3, 0.4) is 0 Å². The summed E-state index contributed by atoms with van der Waals surface area (Å²) in [7, 11) is -3.24. The third kappa shape index (κ3) is 5.43. The molecule has 0 saturated carbocycles. The Kier molecular flexibility index (Phi) is 7.11. The molecule has 4 rings (SSSR count). The molecule has 2 aromatic heterocycles. The number of thiophene rings is 1. The lowest BCUT2D eigenvalue weighted by Gasteiger charge is -2.36. The van der Waals surface area contributed by atoms with Gasteiger partial charge in [-0.2, -0.15) is 9.40 Å². The van der Waals surface area contributed by atoms with E-state index in [1.165, 1.54) is 10.6 Å². The maximum Gasteiger partial charge on any atom is 0.246 e. The lowest BCUT2D eigenvalue weighted by atomic mass is 10.0. The van der Waals surface area contributed by atoms with Crippen LogP contribution in [0.4, 0.5) is 0 Å². The highest BCUT2D eigenvalue weighted by Gasteiger charge is 2.30. The minimum absolute atomic E-state index is 0.0486. The second kappa shape index (κ2) is 10.0. The Bertz CT molecular complexity index is 1210. The number of likely N-dealkylation sites (tertiary alicyclic amines) is 1. The number of para-hydroxylation sites is 1. The van der Waals surface area contributed by atoms with Crippen molar-refractivity contribution in [3.05, 3.63) is 65.7 Å². The van der Waals surface area contributed by atoms with Crippen LogP contribution in [0.2, 0.25) is 0 Å². The Balaban J connectivity index is 1.49. The van der Waals surface area contributed by atoms with E-state index in [-0.39, 0.29) is 11.9 Å². The summed E-state index contributed by atoms with van der Waals surface area (Å²) in [6.07, 6.45) is 7.89. The normalized spacial score (nSPS) is 15.5. The van der Waals surface area contributed by atoms with Crippen LogP contribution in [-0.2, 0) is 14.8 Å². The van der Waals surface area contributed by atoms with Crippen LogP contribution in [0, 0.1) is 0 Å². The second-order valence-electron chi connectivity index (χ2n) is 8.05. The van der Waals surface area contributed by atoms with Crippen molar-refractivity contribution in [3.8, 4) is 16.3 Å². The zero-order valence-corrected chi connectivity index (χ0v) is 20.4. The van der Waals surface area contributed by atoms with Crippen molar-refractivity contribution in [1.29, 1.82) is 0 Å². The van der Waals surface area contributed by atoms with Gasteiger partial charge in [0.05, 0.1) is 16.8 Å². The fourth-order valence-electron chi connectivity index (χ4n) is 4.23. The summed E-state index contributed by atoms with van der Waals surface area (Å²) >= 11 is 1.61. The quantitative estimate of drug-likeness (QED) is 0.477. The highest BCUT2D eigenvalue weighted by atomic mass is 32.2. The Hall–Kier alpha value is -2.75. The largest absolute Gasteiger partial charge is 0.339 e. The molecule has 174 valence electrons. The van der Waals surface area contributed by atoms with Crippen molar-refractivity contribution < 1.29 is 13.2 Å². The molecule has 3 heterocycles. The first-order chi connectivity index (χ1) is 15.9. The van der Waals surface area contributed by atoms with Crippen LogP contribution in [0.25, 0.3) is 22.3 Å². The molecule has 1 fully saturated rings. The molecule has 0 bridgehead atoms. The van der Waals surface area contributed by atoms with Gasteiger partial charge in [-0.3, -0.25) is 4.79 Å². The van der Waals surface area contributed by atoms with E-state index in [0.29, 0.717) is 32.5 Å². The van der Waals surface area contributed by atoms with E-state index in [1.807, 2.05) is 71.7 Å². The molecule has 0 radical (unpaired) electrons. The maximum atomic E-state index is 12.9. The SMILES string of the molecule is CCN(C1CCN(C(=O)C=Cc2cn(-c3ccccc3)nc2-c2cccs2)CC1)S(C)(=O)=O. The summed E-state index contributed by atoms with van der Waals surface area (Å²) in [6.45, 7) is 3.39. The van der Waals surface area contributed by atoms with Crippen molar-refractivity contribution >= 4 is 33.3 Å². The molecule has 1 aliphatic rings. The van der Waals surface area contributed by atoms with Gasteiger partial charge < -0.3 is 4.90 Å². The van der Waals surface area contributed by atoms with E-state index in [2.05, 4.69) is 0 Å². The first-order valence-corrected chi connectivity index (χ1v) is 13.7. The van der Waals surface area contributed by atoms with Gasteiger partial charge in [0.25, 0.3) is 0 Å². The van der Waals surface area contributed by atoms with E-state index in [4.69, 9.17) is 5.10 Å². The Morgan fingerprint density at radius 1 is 1.18 bits per heavy atom. The van der Waals surface area contributed by atoms with Crippen LogP contribution in [0.5, 0.6) is 0 Å². The molecule has 1 saturated heterocycles. The second-order valence-corrected chi connectivity index (χ2v) is 10.9. The summed E-state index contributed by atoms with van der Waals surface area (Å²) < 4.78 is 27.4. The summed E-state index contributed by atoms with van der Waals surface area (Å²) in [5.41, 5.74) is 2.66. The molecule has 3 aromatic rings. The fraction of sp³-hybridized carbons (Fsp3) is 0.333. The average molecular weight is 485 g/mol. The molecule has 0 spiro atoms. The van der Waals surface area contributed by atoms with Crippen LogP contribution in [0.15, 0.2) is 60.1 Å². The Morgan fingerprint density at radius 2 is 1.91 bits per heavy atom. The zero-order chi connectivity index (χ0) is 23.4. The van der Waals surface area contributed by atoms with Crippen molar-refractivity contribution in [3.63, 3.8) is 0 Å². The van der Waals surface area contributed by atoms with E-state index < -0.39 is 10.0 Å². The van der Waals surface area contributed by atoms with Crippen LogP contribution in [-0.4, -0.2) is 65.2 Å². The first kappa shape index (κ1) is 23.4. The van der Waals surface area contributed by atoms with E-state index in [1.54, 1.807) is 22.3 Å². The number of sulfonamides is 1. The molecule has 33 heavy (non-hydrogen) atoms. The van der Waals surface area contributed by atoms with E-state index >= 15 is 0 Å². The summed E-state index contributed by atoms with van der Waals surface area (Å²) in [6, 6.07) is 13.8. The molecular weight excluding hydrogens is 456 g/mol. The van der Waals surface area contributed by atoms with E-state index in [0.717, 1.165) is 21.8 Å². The number of nitrogens with zero attached hydrogens (tertiary/aromatic N) is 4. The molecule has 0 unspecified atom stereocenters. The highest BCUT2D eigenvalue weighted by Crippen LogP contribution is 2.29. The van der Waals surface area contributed by atoms with Gasteiger partial charge in [-0.05, 0) is 42.5 Å². The summed E-state index contributed by atoms with van der Waals surface area (Å²) in [5, 5.41) is 6.77. The van der Waals surface area contributed by atoms with E-state index in [9.17, 15) is 13.2 Å². The number of aromatic nitrogens is 2. The third-order valence-corrected chi connectivity index (χ3v) is 8.13. The van der Waals surface area contributed by atoms with Crippen molar-refractivity contribution in [2.75, 3.05) is 25.9 Å². The van der Waals surface area contributed by atoms with Crippen LogP contribution >= 0.6 is 11.3 Å². The number of amides is 1. The topological polar surface area (TPSA) is 75.5 Å². The Labute approximate surface area is 199 Å². The number of rotatable bonds is 7.